The fraction of sp³-hybridized carbons (Fsp3) is 0.444. The van der Waals surface area contributed by atoms with E-state index >= 15 is 0 Å². The summed E-state index contributed by atoms with van der Waals surface area (Å²) < 4.78 is 12.3. The van der Waals surface area contributed by atoms with Crippen LogP contribution in [0.1, 0.15) is 35.6 Å². The molecule has 0 atom stereocenters. The molecule has 124 valence electrons. The molecule has 0 aliphatic carbocycles. The maximum Gasteiger partial charge on any atom is 0.284 e. The van der Waals surface area contributed by atoms with Crippen molar-refractivity contribution in [3.63, 3.8) is 0 Å². The number of ether oxygens (including phenoxy) is 2. The van der Waals surface area contributed by atoms with E-state index in [4.69, 9.17) is 9.47 Å². The Labute approximate surface area is 137 Å². The third-order valence-corrected chi connectivity index (χ3v) is 3.71. The van der Waals surface area contributed by atoms with E-state index in [1.54, 1.807) is 19.2 Å². The van der Waals surface area contributed by atoms with E-state index in [9.17, 15) is 4.79 Å². The van der Waals surface area contributed by atoms with Crippen LogP contribution in [0.15, 0.2) is 24.3 Å². The van der Waals surface area contributed by atoms with Gasteiger partial charge in [0, 0.05) is 5.69 Å². The lowest BCUT2D eigenvalue weighted by atomic mass is 10.0. The van der Waals surface area contributed by atoms with E-state index in [1.807, 2.05) is 26.0 Å². The molecule has 0 saturated heterocycles. The molecule has 1 heterocycles. The van der Waals surface area contributed by atoms with Gasteiger partial charge in [-0.2, -0.15) is 5.10 Å². The van der Waals surface area contributed by atoms with Crippen LogP contribution in [-0.4, -0.2) is 29.4 Å². The van der Waals surface area contributed by atoms with Crippen LogP contribution in [0, 0.1) is 19.8 Å². The molecule has 0 bridgehead atoms. The average Bonchev–Trinajstić information content (AvgIpc) is 2.80. The molecular formula is C18H24N2O3. The van der Waals surface area contributed by atoms with Crippen molar-refractivity contribution in [1.82, 2.24) is 9.78 Å². The summed E-state index contributed by atoms with van der Waals surface area (Å²) in [7, 11) is 1.57. The smallest absolute Gasteiger partial charge is 0.284 e. The quantitative estimate of drug-likeness (QED) is 0.819. The highest BCUT2D eigenvalue weighted by molar-refractivity contribution is 5.80. The number of aromatic nitrogens is 2. The van der Waals surface area contributed by atoms with Gasteiger partial charge in [0.05, 0.1) is 12.8 Å². The Hall–Kier alpha value is -2.30. The van der Waals surface area contributed by atoms with Crippen LogP contribution in [-0.2, 0) is 6.42 Å². The van der Waals surface area contributed by atoms with Gasteiger partial charge < -0.3 is 9.47 Å². The third-order valence-electron chi connectivity index (χ3n) is 3.71. The predicted molar refractivity (Wildman–Crippen MR) is 89.4 cm³/mol. The summed E-state index contributed by atoms with van der Waals surface area (Å²) in [5.41, 5.74) is 2.94. The minimum Gasteiger partial charge on any atom is -0.493 e. The van der Waals surface area contributed by atoms with Gasteiger partial charge in [0.2, 0.25) is 0 Å². The van der Waals surface area contributed by atoms with Crippen molar-refractivity contribution in [3.05, 3.63) is 41.2 Å². The van der Waals surface area contributed by atoms with Crippen LogP contribution in [0.5, 0.6) is 11.5 Å². The number of carbonyl (C=O) groups excluding carboxylic acids is 1. The summed E-state index contributed by atoms with van der Waals surface area (Å²) in [5.74, 6) is 1.48. The lowest BCUT2D eigenvalue weighted by molar-refractivity contribution is 0.0816. The van der Waals surface area contributed by atoms with Gasteiger partial charge in [0.15, 0.2) is 18.1 Å². The average molecular weight is 316 g/mol. The Bertz CT molecular complexity index is 690. The van der Waals surface area contributed by atoms with Crippen LogP contribution in [0.3, 0.4) is 0 Å². The van der Waals surface area contributed by atoms with Gasteiger partial charge in [0.25, 0.3) is 5.91 Å². The van der Waals surface area contributed by atoms with Gasteiger partial charge in [-0.05, 0) is 43.9 Å². The number of hydrogen-bond acceptors (Lipinski definition) is 4. The normalized spacial score (nSPS) is 10.9. The molecule has 2 rings (SSSR count). The SMILES string of the molecule is COc1ccccc1OCC(=O)n1nc(C)c(CC(C)C)c1C. The molecule has 0 aliphatic rings. The summed E-state index contributed by atoms with van der Waals surface area (Å²) in [6, 6.07) is 7.26. The monoisotopic (exact) mass is 316 g/mol. The summed E-state index contributed by atoms with van der Waals surface area (Å²) in [4.78, 5) is 12.4. The molecule has 2 aromatic rings. The Kier molecular flexibility index (Phi) is 5.42. The fourth-order valence-corrected chi connectivity index (χ4v) is 2.56. The summed E-state index contributed by atoms with van der Waals surface area (Å²) in [6.07, 6.45) is 0.915. The molecule has 0 spiro atoms. The highest BCUT2D eigenvalue weighted by atomic mass is 16.5. The van der Waals surface area contributed by atoms with Crippen LogP contribution in [0.2, 0.25) is 0 Å². The molecule has 0 N–H and O–H groups in total. The van der Waals surface area contributed by atoms with E-state index < -0.39 is 0 Å². The molecule has 1 aromatic heterocycles. The Morgan fingerprint density at radius 2 is 1.87 bits per heavy atom. The van der Waals surface area contributed by atoms with Crippen molar-refractivity contribution in [1.29, 1.82) is 0 Å². The van der Waals surface area contributed by atoms with Crippen molar-refractivity contribution < 1.29 is 14.3 Å². The lowest BCUT2D eigenvalue weighted by Crippen LogP contribution is -2.22. The zero-order chi connectivity index (χ0) is 17.0. The Morgan fingerprint density at radius 1 is 1.22 bits per heavy atom. The molecule has 0 aliphatic heterocycles. The topological polar surface area (TPSA) is 53.4 Å². The van der Waals surface area contributed by atoms with Gasteiger partial charge in [0.1, 0.15) is 0 Å². The van der Waals surface area contributed by atoms with Crippen molar-refractivity contribution in [2.24, 2.45) is 5.92 Å². The molecule has 5 nitrogen and oxygen atoms in total. The van der Waals surface area contributed by atoms with E-state index in [-0.39, 0.29) is 12.5 Å². The molecule has 23 heavy (non-hydrogen) atoms. The van der Waals surface area contributed by atoms with E-state index in [1.165, 1.54) is 4.68 Å². The highest BCUT2D eigenvalue weighted by Gasteiger charge is 2.18. The molecule has 0 saturated carbocycles. The van der Waals surface area contributed by atoms with Crippen molar-refractivity contribution in [2.45, 2.75) is 34.1 Å². The van der Waals surface area contributed by atoms with E-state index in [0.717, 1.165) is 23.4 Å². The van der Waals surface area contributed by atoms with Crippen LogP contribution in [0.25, 0.3) is 0 Å². The first-order chi connectivity index (χ1) is 10.9. The number of methoxy groups -OCH3 is 1. The summed E-state index contributed by atoms with van der Waals surface area (Å²) in [6.45, 7) is 8.10. The van der Waals surface area contributed by atoms with Crippen molar-refractivity contribution >= 4 is 5.91 Å². The number of para-hydroxylation sites is 2. The Balaban J connectivity index is 2.12. The zero-order valence-corrected chi connectivity index (χ0v) is 14.4. The molecular weight excluding hydrogens is 292 g/mol. The van der Waals surface area contributed by atoms with Gasteiger partial charge in [-0.15, -0.1) is 0 Å². The minimum atomic E-state index is -0.188. The summed E-state index contributed by atoms with van der Waals surface area (Å²) in [5, 5.41) is 4.37. The lowest BCUT2D eigenvalue weighted by Gasteiger charge is -2.10. The first-order valence-corrected chi connectivity index (χ1v) is 7.78. The maximum atomic E-state index is 12.4. The molecule has 0 amide bonds. The third kappa shape index (κ3) is 3.92. The fourth-order valence-electron chi connectivity index (χ4n) is 2.56. The second-order valence-electron chi connectivity index (χ2n) is 5.99. The van der Waals surface area contributed by atoms with Gasteiger partial charge in [-0.25, -0.2) is 4.68 Å². The minimum absolute atomic E-state index is 0.0799. The highest BCUT2D eigenvalue weighted by Crippen LogP contribution is 2.25. The first-order valence-electron chi connectivity index (χ1n) is 7.78. The maximum absolute atomic E-state index is 12.4. The number of nitrogens with zero attached hydrogens (tertiary/aromatic N) is 2. The van der Waals surface area contributed by atoms with Gasteiger partial charge in [-0.1, -0.05) is 26.0 Å². The number of carbonyl (C=O) groups is 1. The largest absolute Gasteiger partial charge is 0.493 e. The standard InChI is InChI=1S/C18H24N2O3/c1-12(2)10-15-13(3)19-20(14(15)4)18(21)11-23-17-9-7-6-8-16(17)22-5/h6-9,12H,10-11H2,1-5H3. The number of rotatable bonds is 6. The molecule has 5 heteroatoms. The van der Waals surface area contributed by atoms with E-state index in [2.05, 4.69) is 18.9 Å². The van der Waals surface area contributed by atoms with E-state index in [0.29, 0.717) is 17.4 Å². The molecule has 0 unspecified atom stereocenters. The second kappa shape index (κ2) is 7.31. The number of hydrogen-bond donors (Lipinski definition) is 0. The van der Waals surface area contributed by atoms with Crippen molar-refractivity contribution in [2.75, 3.05) is 13.7 Å². The predicted octanol–water partition coefficient (Wildman–Crippen LogP) is 3.43. The molecule has 0 radical (unpaired) electrons. The van der Waals surface area contributed by atoms with Crippen LogP contribution < -0.4 is 9.47 Å². The molecule has 1 aromatic carbocycles. The van der Waals surface area contributed by atoms with Crippen LogP contribution >= 0.6 is 0 Å². The van der Waals surface area contributed by atoms with Gasteiger partial charge in [-0.3, -0.25) is 4.79 Å². The number of aryl methyl sites for hydroxylation is 1. The summed E-state index contributed by atoms with van der Waals surface area (Å²) >= 11 is 0. The zero-order valence-electron chi connectivity index (χ0n) is 14.4. The number of benzene rings is 1. The molecule has 0 fully saturated rings. The van der Waals surface area contributed by atoms with Gasteiger partial charge >= 0.3 is 0 Å². The van der Waals surface area contributed by atoms with Crippen molar-refractivity contribution in [3.8, 4) is 11.5 Å². The van der Waals surface area contributed by atoms with Crippen LogP contribution in [0.4, 0.5) is 0 Å². The second-order valence-corrected chi connectivity index (χ2v) is 5.99. The Morgan fingerprint density at radius 3 is 2.48 bits per heavy atom. The first kappa shape index (κ1) is 17.1.